The second kappa shape index (κ2) is 7.26. The molecule has 0 bridgehead atoms. The third kappa shape index (κ3) is 4.65. The molecule has 0 spiro atoms. The Bertz CT molecular complexity index is 485. The van der Waals surface area contributed by atoms with Crippen molar-refractivity contribution in [3.63, 3.8) is 0 Å². The average Bonchev–Trinajstić information content (AvgIpc) is 2.92. The van der Waals surface area contributed by atoms with Gasteiger partial charge in [0.15, 0.2) is 0 Å². The maximum absolute atomic E-state index is 5.28. The molecule has 2 rings (SSSR count). The summed E-state index contributed by atoms with van der Waals surface area (Å²) < 4.78 is 10.5. The SMILES string of the molecule is COc1cccc(SC(C)CNCc2ccco2)c1. The van der Waals surface area contributed by atoms with E-state index in [1.54, 1.807) is 13.4 Å². The van der Waals surface area contributed by atoms with Crippen molar-refractivity contribution in [2.75, 3.05) is 13.7 Å². The van der Waals surface area contributed by atoms with Crippen LogP contribution in [0.15, 0.2) is 52.0 Å². The Balaban J connectivity index is 1.75. The predicted octanol–water partition coefficient (Wildman–Crippen LogP) is 3.56. The molecule has 3 nitrogen and oxygen atoms in total. The molecule has 1 aromatic heterocycles. The van der Waals surface area contributed by atoms with E-state index in [0.29, 0.717) is 5.25 Å². The number of hydrogen-bond donors (Lipinski definition) is 1. The normalized spacial score (nSPS) is 12.3. The van der Waals surface area contributed by atoms with Gasteiger partial charge in [-0.25, -0.2) is 0 Å². The average molecular weight is 277 g/mol. The fourth-order valence-corrected chi connectivity index (χ4v) is 2.77. The number of benzene rings is 1. The molecule has 0 saturated carbocycles. The first kappa shape index (κ1) is 14.0. The smallest absolute Gasteiger partial charge is 0.119 e. The molecule has 0 aliphatic rings. The van der Waals surface area contributed by atoms with Gasteiger partial charge in [0.2, 0.25) is 0 Å². The second-order valence-electron chi connectivity index (χ2n) is 4.32. The van der Waals surface area contributed by atoms with Crippen molar-refractivity contribution >= 4 is 11.8 Å². The summed E-state index contributed by atoms with van der Waals surface area (Å²) in [7, 11) is 1.69. The Morgan fingerprint density at radius 1 is 1.32 bits per heavy atom. The topological polar surface area (TPSA) is 34.4 Å². The van der Waals surface area contributed by atoms with Crippen molar-refractivity contribution in [3.05, 3.63) is 48.4 Å². The van der Waals surface area contributed by atoms with E-state index in [1.807, 2.05) is 36.0 Å². The van der Waals surface area contributed by atoms with Gasteiger partial charge in [0.05, 0.1) is 19.9 Å². The van der Waals surface area contributed by atoms with E-state index in [2.05, 4.69) is 24.4 Å². The van der Waals surface area contributed by atoms with Crippen LogP contribution in [0.5, 0.6) is 5.75 Å². The van der Waals surface area contributed by atoms with Crippen molar-refractivity contribution in [2.24, 2.45) is 0 Å². The molecule has 1 unspecified atom stereocenters. The number of ether oxygens (including phenoxy) is 1. The lowest BCUT2D eigenvalue weighted by molar-refractivity contribution is 0.413. The fraction of sp³-hybridized carbons (Fsp3) is 0.333. The Morgan fingerprint density at radius 2 is 2.21 bits per heavy atom. The summed E-state index contributed by atoms with van der Waals surface area (Å²) in [6, 6.07) is 12.0. The zero-order valence-electron chi connectivity index (χ0n) is 11.3. The first-order valence-corrected chi connectivity index (χ1v) is 7.19. The Hall–Kier alpha value is -1.39. The van der Waals surface area contributed by atoms with Crippen molar-refractivity contribution in [3.8, 4) is 5.75 Å². The van der Waals surface area contributed by atoms with Gasteiger partial charge in [0.1, 0.15) is 11.5 Å². The number of nitrogens with one attached hydrogen (secondary N) is 1. The minimum Gasteiger partial charge on any atom is -0.497 e. The molecular weight excluding hydrogens is 258 g/mol. The second-order valence-corrected chi connectivity index (χ2v) is 5.83. The quantitative estimate of drug-likeness (QED) is 0.785. The van der Waals surface area contributed by atoms with E-state index in [9.17, 15) is 0 Å². The van der Waals surface area contributed by atoms with Crippen molar-refractivity contribution in [1.29, 1.82) is 0 Å². The van der Waals surface area contributed by atoms with Gasteiger partial charge in [-0.15, -0.1) is 11.8 Å². The van der Waals surface area contributed by atoms with Crippen LogP contribution in [0, 0.1) is 0 Å². The van der Waals surface area contributed by atoms with Crippen LogP contribution < -0.4 is 10.1 Å². The van der Waals surface area contributed by atoms with Crippen LogP contribution in [-0.4, -0.2) is 18.9 Å². The number of methoxy groups -OCH3 is 1. The van der Waals surface area contributed by atoms with Crippen molar-refractivity contribution in [1.82, 2.24) is 5.32 Å². The largest absolute Gasteiger partial charge is 0.497 e. The Kier molecular flexibility index (Phi) is 5.36. The first-order valence-electron chi connectivity index (χ1n) is 6.31. The molecule has 0 aliphatic carbocycles. The number of furan rings is 1. The van der Waals surface area contributed by atoms with Crippen LogP contribution >= 0.6 is 11.8 Å². The van der Waals surface area contributed by atoms with Crippen LogP contribution in [0.1, 0.15) is 12.7 Å². The van der Waals surface area contributed by atoms with Gasteiger partial charge in [-0.05, 0) is 30.3 Å². The van der Waals surface area contributed by atoms with E-state index in [0.717, 1.165) is 24.6 Å². The summed E-state index contributed by atoms with van der Waals surface area (Å²) in [4.78, 5) is 1.23. The molecule has 0 amide bonds. The lowest BCUT2D eigenvalue weighted by Crippen LogP contribution is -2.21. The van der Waals surface area contributed by atoms with Crippen molar-refractivity contribution < 1.29 is 9.15 Å². The first-order chi connectivity index (χ1) is 9.28. The molecule has 0 aliphatic heterocycles. The Labute approximate surface area is 118 Å². The van der Waals surface area contributed by atoms with Crippen LogP contribution in [0.2, 0.25) is 0 Å². The molecule has 0 radical (unpaired) electrons. The third-order valence-electron chi connectivity index (χ3n) is 2.69. The van der Waals surface area contributed by atoms with Gasteiger partial charge in [0.25, 0.3) is 0 Å². The van der Waals surface area contributed by atoms with Crippen molar-refractivity contribution in [2.45, 2.75) is 23.6 Å². The van der Waals surface area contributed by atoms with Crippen LogP contribution in [0.3, 0.4) is 0 Å². The lowest BCUT2D eigenvalue weighted by Gasteiger charge is -2.12. The van der Waals surface area contributed by atoms with E-state index in [4.69, 9.17) is 9.15 Å². The maximum Gasteiger partial charge on any atom is 0.119 e. The Morgan fingerprint density at radius 3 is 2.95 bits per heavy atom. The highest BCUT2D eigenvalue weighted by molar-refractivity contribution is 8.00. The molecule has 19 heavy (non-hydrogen) atoms. The predicted molar refractivity (Wildman–Crippen MR) is 78.7 cm³/mol. The van der Waals surface area contributed by atoms with Gasteiger partial charge in [0, 0.05) is 16.7 Å². The van der Waals surface area contributed by atoms with E-state index < -0.39 is 0 Å². The summed E-state index contributed by atoms with van der Waals surface area (Å²) in [5.41, 5.74) is 0. The molecule has 1 N–H and O–H groups in total. The highest BCUT2D eigenvalue weighted by Gasteiger charge is 2.05. The zero-order chi connectivity index (χ0) is 13.5. The lowest BCUT2D eigenvalue weighted by atomic mass is 10.3. The summed E-state index contributed by atoms with van der Waals surface area (Å²) in [6.45, 7) is 3.91. The minimum atomic E-state index is 0.488. The highest BCUT2D eigenvalue weighted by atomic mass is 32.2. The number of thioether (sulfide) groups is 1. The minimum absolute atomic E-state index is 0.488. The molecular formula is C15H19NO2S. The van der Waals surface area contributed by atoms with Gasteiger partial charge < -0.3 is 14.5 Å². The zero-order valence-corrected chi connectivity index (χ0v) is 12.1. The maximum atomic E-state index is 5.28. The van der Waals surface area contributed by atoms with Crippen LogP contribution in [0.4, 0.5) is 0 Å². The van der Waals surface area contributed by atoms with E-state index in [-0.39, 0.29) is 0 Å². The molecule has 4 heteroatoms. The molecule has 1 heterocycles. The van der Waals surface area contributed by atoms with E-state index >= 15 is 0 Å². The van der Waals surface area contributed by atoms with Gasteiger partial charge in [-0.2, -0.15) is 0 Å². The molecule has 102 valence electrons. The molecule has 0 fully saturated rings. The monoisotopic (exact) mass is 277 g/mol. The molecule has 1 aromatic carbocycles. The highest BCUT2D eigenvalue weighted by Crippen LogP contribution is 2.26. The van der Waals surface area contributed by atoms with Crippen LogP contribution in [-0.2, 0) is 6.54 Å². The van der Waals surface area contributed by atoms with Crippen LogP contribution in [0.25, 0.3) is 0 Å². The van der Waals surface area contributed by atoms with Gasteiger partial charge in [-0.3, -0.25) is 0 Å². The number of hydrogen-bond acceptors (Lipinski definition) is 4. The van der Waals surface area contributed by atoms with E-state index in [1.165, 1.54) is 4.90 Å². The summed E-state index contributed by atoms with van der Waals surface area (Å²) in [5.74, 6) is 1.87. The van der Waals surface area contributed by atoms with Gasteiger partial charge in [-0.1, -0.05) is 13.0 Å². The fourth-order valence-electron chi connectivity index (χ4n) is 1.76. The summed E-state index contributed by atoms with van der Waals surface area (Å²) >= 11 is 1.84. The van der Waals surface area contributed by atoms with Gasteiger partial charge >= 0.3 is 0 Å². The molecule has 0 saturated heterocycles. The molecule has 2 aromatic rings. The standard InChI is InChI=1S/C15H19NO2S/c1-12(10-16-11-14-6-4-8-18-14)19-15-7-3-5-13(9-15)17-2/h3-9,12,16H,10-11H2,1-2H3. The summed E-state index contributed by atoms with van der Waals surface area (Å²) in [5, 5.41) is 3.88. The summed E-state index contributed by atoms with van der Waals surface area (Å²) in [6.07, 6.45) is 1.70. The third-order valence-corrected chi connectivity index (χ3v) is 3.78. The number of rotatable bonds is 7. The molecule has 1 atom stereocenters.